The third kappa shape index (κ3) is 4.10. The second-order valence-corrected chi connectivity index (χ2v) is 5.80. The van der Waals surface area contributed by atoms with Gasteiger partial charge in [0.15, 0.2) is 17.4 Å². The maximum atomic E-state index is 15.0. The van der Waals surface area contributed by atoms with Gasteiger partial charge in [-0.25, -0.2) is 8.78 Å². The second-order valence-electron chi connectivity index (χ2n) is 5.80. The number of nitrogens with zero attached hydrogens (tertiary/aromatic N) is 2. The highest BCUT2D eigenvalue weighted by Crippen LogP contribution is 2.40. The van der Waals surface area contributed by atoms with Crippen molar-refractivity contribution in [1.29, 1.82) is 10.5 Å². The molecule has 0 fully saturated rings. The van der Waals surface area contributed by atoms with Gasteiger partial charge in [-0.3, -0.25) is 0 Å². The van der Waals surface area contributed by atoms with Gasteiger partial charge in [-0.2, -0.15) is 10.5 Å². The van der Waals surface area contributed by atoms with Crippen LogP contribution in [0, 0.1) is 34.3 Å². The van der Waals surface area contributed by atoms with Crippen LogP contribution in [0.5, 0.6) is 17.2 Å². The van der Waals surface area contributed by atoms with Gasteiger partial charge in [-0.1, -0.05) is 18.2 Å². The lowest BCUT2D eigenvalue weighted by atomic mass is 10.1. The number of para-hydroxylation sites is 1. The van der Waals surface area contributed by atoms with E-state index in [0.717, 1.165) is 0 Å². The summed E-state index contributed by atoms with van der Waals surface area (Å²) in [5.74, 6) is -1.86. The van der Waals surface area contributed by atoms with Crippen molar-refractivity contribution >= 4 is 11.4 Å². The quantitative estimate of drug-likeness (QED) is 0.588. The topological polar surface area (TPSA) is 78.1 Å². The van der Waals surface area contributed by atoms with E-state index in [4.69, 9.17) is 9.47 Å². The van der Waals surface area contributed by atoms with Crippen molar-refractivity contribution in [1.82, 2.24) is 0 Å². The van der Waals surface area contributed by atoms with E-state index < -0.39 is 28.5 Å². The second kappa shape index (κ2) is 8.73. The van der Waals surface area contributed by atoms with E-state index in [1.54, 1.807) is 60.7 Å². The minimum Gasteiger partial charge on any atom is -0.494 e. The van der Waals surface area contributed by atoms with Crippen LogP contribution in [-0.2, 0) is 0 Å². The van der Waals surface area contributed by atoms with Crippen LogP contribution < -0.4 is 14.8 Å². The van der Waals surface area contributed by atoms with Crippen LogP contribution in [0.2, 0.25) is 0 Å². The average molecular weight is 391 g/mol. The first-order valence-corrected chi connectivity index (χ1v) is 8.67. The Morgan fingerprint density at radius 2 is 1.48 bits per heavy atom. The van der Waals surface area contributed by atoms with Gasteiger partial charge in [0, 0.05) is 5.69 Å². The molecule has 0 aromatic heterocycles. The molecule has 7 heteroatoms. The third-order valence-electron chi connectivity index (χ3n) is 3.96. The van der Waals surface area contributed by atoms with E-state index >= 15 is 4.39 Å². The number of ether oxygens (including phenoxy) is 2. The van der Waals surface area contributed by atoms with Crippen molar-refractivity contribution in [3.8, 4) is 29.4 Å². The number of nitriles is 2. The van der Waals surface area contributed by atoms with E-state index in [0.29, 0.717) is 18.0 Å². The van der Waals surface area contributed by atoms with Gasteiger partial charge in [0.25, 0.3) is 0 Å². The van der Waals surface area contributed by atoms with E-state index in [2.05, 4.69) is 5.32 Å². The van der Waals surface area contributed by atoms with Crippen molar-refractivity contribution in [3.05, 3.63) is 77.4 Å². The first kappa shape index (κ1) is 19.7. The van der Waals surface area contributed by atoms with Gasteiger partial charge < -0.3 is 14.8 Å². The van der Waals surface area contributed by atoms with Gasteiger partial charge in [-0.05, 0) is 43.3 Å². The van der Waals surface area contributed by atoms with Gasteiger partial charge >= 0.3 is 0 Å². The van der Waals surface area contributed by atoms with Crippen LogP contribution >= 0.6 is 0 Å². The molecule has 3 aromatic carbocycles. The smallest absolute Gasteiger partial charge is 0.190 e. The van der Waals surface area contributed by atoms with Crippen LogP contribution in [0.15, 0.2) is 54.6 Å². The van der Waals surface area contributed by atoms with Crippen molar-refractivity contribution < 1.29 is 18.3 Å². The van der Waals surface area contributed by atoms with Gasteiger partial charge in [0.1, 0.15) is 40.5 Å². The van der Waals surface area contributed by atoms with Crippen molar-refractivity contribution in [2.75, 3.05) is 11.9 Å². The van der Waals surface area contributed by atoms with Gasteiger partial charge in [0.05, 0.1) is 6.61 Å². The molecular weight excluding hydrogens is 376 g/mol. The van der Waals surface area contributed by atoms with Crippen LogP contribution in [0.25, 0.3) is 0 Å². The Morgan fingerprint density at radius 3 is 2.07 bits per heavy atom. The SMILES string of the molecule is CCOc1ccc(Nc2c(F)c(C#N)c(C#N)c(F)c2Oc2ccccc2)cc1. The van der Waals surface area contributed by atoms with Gasteiger partial charge in [-0.15, -0.1) is 0 Å². The lowest BCUT2D eigenvalue weighted by Crippen LogP contribution is -2.06. The number of nitrogens with one attached hydrogen (secondary N) is 1. The van der Waals surface area contributed by atoms with Gasteiger partial charge in [0.2, 0.25) is 0 Å². The molecule has 0 aliphatic carbocycles. The molecule has 0 radical (unpaired) electrons. The fraction of sp³-hybridized carbons (Fsp3) is 0.0909. The minimum atomic E-state index is -1.12. The molecule has 0 bridgehead atoms. The Labute approximate surface area is 166 Å². The molecule has 3 aromatic rings. The molecule has 0 aliphatic rings. The Kier molecular flexibility index (Phi) is 5.91. The summed E-state index contributed by atoms with van der Waals surface area (Å²) >= 11 is 0. The van der Waals surface area contributed by atoms with E-state index in [-0.39, 0.29) is 11.4 Å². The van der Waals surface area contributed by atoms with Crippen molar-refractivity contribution in [3.63, 3.8) is 0 Å². The highest BCUT2D eigenvalue weighted by Gasteiger charge is 2.27. The van der Waals surface area contributed by atoms with Crippen molar-refractivity contribution in [2.24, 2.45) is 0 Å². The lowest BCUT2D eigenvalue weighted by molar-refractivity contribution is 0.340. The first-order chi connectivity index (χ1) is 14.1. The molecule has 5 nitrogen and oxygen atoms in total. The zero-order chi connectivity index (χ0) is 20.8. The summed E-state index contributed by atoms with van der Waals surface area (Å²) in [6.45, 7) is 2.33. The molecule has 0 spiro atoms. The minimum absolute atomic E-state index is 0.245. The maximum Gasteiger partial charge on any atom is 0.190 e. The van der Waals surface area contributed by atoms with Crippen LogP contribution in [-0.4, -0.2) is 6.61 Å². The summed E-state index contributed by atoms with van der Waals surface area (Å²) in [6.07, 6.45) is 0. The zero-order valence-corrected chi connectivity index (χ0v) is 15.4. The van der Waals surface area contributed by atoms with E-state index in [1.807, 2.05) is 6.92 Å². The Morgan fingerprint density at radius 1 is 0.862 bits per heavy atom. The summed E-state index contributed by atoms with van der Waals surface area (Å²) < 4.78 is 40.9. The Hall–Kier alpha value is -4.10. The summed E-state index contributed by atoms with van der Waals surface area (Å²) in [4.78, 5) is 0. The molecule has 144 valence electrons. The lowest BCUT2D eigenvalue weighted by Gasteiger charge is -2.17. The summed E-state index contributed by atoms with van der Waals surface area (Å²) in [7, 11) is 0. The highest BCUT2D eigenvalue weighted by atomic mass is 19.1. The summed E-state index contributed by atoms with van der Waals surface area (Å²) in [6, 6.07) is 17.8. The number of benzene rings is 3. The van der Waals surface area contributed by atoms with Crippen LogP contribution in [0.1, 0.15) is 18.1 Å². The summed E-state index contributed by atoms with van der Waals surface area (Å²) in [5, 5.41) is 21.2. The molecular formula is C22H15F2N3O2. The fourth-order valence-corrected chi connectivity index (χ4v) is 2.64. The molecule has 0 heterocycles. The molecule has 1 N–H and O–H groups in total. The first-order valence-electron chi connectivity index (χ1n) is 8.67. The monoisotopic (exact) mass is 391 g/mol. The summed E-state index contributed by atoms with van der Waals surface area (Å²) in [5.41, 5.74) is -1.38. The number of hydrogen-bond donors (Lipinski definition) is 1. The number of rotatable bonds is 6. The molecule has 3 rings (SSSR count). The molecule has 0 saturated heterocycles. The van der Waals surface area contributed by atoms with Crippen molar-refractivity contribution in [2.45, 2.75) is 6.92 Å². The molecule has 0 saturated carbocycles. The molecule has 0 aliphatic heterocycles. The number of halogens is 2. The van der Waals surface area contributed by atoms with Crippen LogP contribution in [0.3, 0.4) is 0 Å². The average Bonchev–Trinajstić information content (AvgIpc) is 2.75. The van der Waals surface area contributed by atoms with E-state index in [9.17, 15) is 14.9 Å². The maximum absolute atomic E-state index is 15.0. The molecule has 0 unspecified atom stereocenters. The standard InChI is InChI=1S/C22H15F2N3O2/c1-2-28-15-10-8-14(9-11-15)27-21-19(23)17(12-25)18(13-26)20(24)22(21)29-16-6-4-3-5-7-16/h3-11,27H,2H2,1H3. The van der Waals surface area contributed by atoms with E-state index in [1.165, 1.54) is 6.07 Å². The zero-order valence-electron chi connectivity index (χ0n) is 15.4. The predicted molar refractivity (Wildman–Crippen MR) is 103 cm³/mol. The highest BCUT2D eigenvalue weighted by molar-refractivity contribution is 5.73. The number of anilines is 2. The normalized spacial score (nSPS) is 9.97. The fourth-order valence-electron chi connectivity index (χ4n) is 2.64. The predicted octanol–water partition coefficient (Wildman–Crippen LogP) is 5.64. The van der Waals surface area contributed by atoms with Crippen LogP contribution in [0.4, 0.5) is 20.2 Å². The Bertz CT molecular complexity index is 1100. The molecule has 0 amide bonds. The number of hydrogen-bond acceptors (Lipinski definition) is 5. The Balaban J connectivity index is 2.11. The molecule has 29 heavy (non-hydrogen) atoms. The molecule has 0 atom stereocenters. The third-order valence-corrected chi connectivity index (χ3v) is 3.96. The largest absolute Gasteiger partial charge is 0.494 e.